The Morgan fingerprint density at radius 2 is 2.26 bits per heavy atom. The Hall–Kier alpha value is -1.23. The third-order valence-electron chi connectivity index (χ3n) is 2.61. The number of benzene rings is 1. The molecule has 1 aromatic rings. The molecule has 1 aliphatic rings. The SMILES string of the molecule is O=C(O)C=Cc1cc(Cl)cc(Cl)c1OC1CCOC1. The normalized spacial score (nSPS) is 18.9. The first-order valence-corrected chi connectivity index (χ1v) is 6.46. The van der Waals surface area contributed by atoms with Crippen LogP contribution in [0.25, 0.3) is 6.08 Å². The number of rotatable bonds is 4. The van der Waals surface area contributed by atoms with E-state index in [1.165, 1.54) is 6.08 Å². The second-order valence-corrected chi connectivity index (χ2v) is 4.92. The van der Waals surface area contributed by atoms with Crippen molar-refractivity contribution in [3.63, 3.8) is 0 Å². The average Bonchev–Trinajstić information content (AvgIpc) is 2.83. The van der Waals surface area contributed by atoms with E-state index in [2.05, 4.69) is 0 Å². The summed E-state index contributed by atoms with van der Waals surface area (Å²) in [6, 6.07) is 3.17. The Balaban J connectivity index is 2.30. The number of carboxylic acids is 1. The summed E-state index contributed by atoms with van der Waals surface area (Å²) in [6.45, 7) is 1.15. The van der Waals surface area contributed by atoms with E-state index < -0.39 is 5.97 Å². The summed E-state index contributed by atoms with van der Waals surface area (Å²) in [7, 11) is 0. The molecule has 1 saturated heterocycles. The molecule has 0 spiro atoms. The molecule has 0 saturated carbocycles. The minimum Gasteiger partial charge on any atom is -0.486 e. The molecule has 0 radical (unpaired) electrons. The third kappa shape index (κ3) is 3.86. The lowest BCUT2D eigenvalue weighted by molar-refractivity contribution is -0.131. The molecule has 0 amide bonds. The van der Waals surface area contributed by atoms with E-state index >= 15 is 0 Å². The molecule has 0 aromatic heterocycles. The zero-order valence-electron chi connectivity index (χ0n) is 9.94. The minimum atomic E-state index is -1.05. The number of halogens is 2. The van der Waals surface area contributed by atoms with Crippen LogP contribution in [0.3, 0.4) is 0 Å². The van der Waals surface area contributed by atoms with Crippen LogP contribution in [0.4, 0.5) is 0 Å². The van der Waals surface area contributed by atoms with Crippen LogP contribution in [0.2, 0.25) is 10.0 Å². The van der Waals surface area contributed by atoms with Crippen LogP contribution in [0.5, 0.6) is 5.75 Å². The standard InChI is InChI=1S/C13H12Cl2O4/c14-9-5-8(1-2-12(16)17)13(11(15)6-9)19-10-3-4-18-7-10/h1-2,5-6,10H,3-4,7H2,(H,16,17). The first-order chi connectivity index (χ1) is 9.06. The third-order valence-corrected chi connectivity index (χ3v) is 3.11. The van der Waals surface area contributed by atoms with Crippen molar-refractivity contribution in [3.8, 4) is 5.75 Å². The first kappa shape index (κ1) is 14.2. The van der Waals surface area contributed by atoms with Gasteiger partial charge >= 0.3 is 5.97 Å². The van der Waals surface area contributed by atoms with Gasteiger partial charge in [-0.25, -0.2) is 4.79 Å². The van der Waals surface area contributed by atoms with Gasteiger partial charge in [0.25, 0.3) is 0 Å². The van der Waals surface area contributed by atoms with E-state index in [9.17, 15) is 4.79 Å². The molecule has 1 aromatic carbocycles. The number of ether oxygens (including phenoxy) is 2. The molecule has 2 rings (SSSR count). The summed E-state index contributed by atoms with van der Waals surface area (Å²) in [5.41, 5.74) is 0.534. The van der Waals surface area contributed by atoms with E-state index in [0.717, 1.165) is 12.5 Å². The van der Waals surface area contributed by atoms with Crippen LogP contribution in [0, 0.1) is 0 Å². The van der Waals surface area contributed by atoms with Gasteiger partial charge in [0.05, 0.1) is 18.2 Å². The molecule has 1 atom stereocenters. The van der Waals surface area contributed by atoms with Gasteiger partial charge in [-0.05, 0) is 18.2 Å². The lowest BCUT2D eigenvalue weighted by atomic mass is 10.1. The van der Waals surface area contributed by atoms with Gasteiger partial charge in [-0.1, -0.05) is 23.2 Å². The van der Waals surface area contributed by atoms with Crippen LogP contribution in [0.15, 0.2) is 18.2 Å². The summed E-state index contributed by atoms with van der Waals surface area (Å²) in [5.74, 6) is -0.620. The van der Waals surface area contributed by atoms with Crippen LogP contribution >= 0.6 is 23.2 Å². The van der Waals surface area contributed by atoms with Crippen molar-refractivity contribution in [3.05, 3.63) is 33.8 Å². The van der Waals surface area contributed by atoms with E-state index in [4.69, 9.17) is 37.8 Å². The van der Waals surface area contributed by atoms with E-state index in [1.807, 2.05) is 0 Å². The van der Waals surface area contributed by atoms with Gasteiger partial charge in [0.2, 0.25) is 0 Å². The molecule has 6 heteroatoms. The maximum absolute atomic E-state index is 10.6. The minimum absolute atomic E-state index is 0.0735. The Morgan fingerprint density at radius 1 is 1.47 bits per heavy atom. The Morgan fingerprint density at radius 3 is 2.89 bits per heavy atom. The second-order valence-electron chi connectivity index (χ2n) is 4.08. The Kier molecular flexibility index (Phi) is 4.69. The largest absolute Gasteiger partial charge is 0.486 e. The molecule has 1 aliphatic heterocycles. The fourth-order valence-electron chi connectivity index (χ4n) is 1.76. The van der Waals surface area contributed by atoms with Gasteiger partial charge in [-0.2, -0.15) is 0 Å². The molecule has 1 fully saturated rings. The van der Waals surface area contributed by atoms with Crippen molar-refractivity contribution in [2.24, 2.45) is 0 Å². The summed E-state index contributed by atoms with van der Waals surface area (Å²) in [6.07, 6.45) is 3.13. The molecule has 4 nitrogen and oxygen atoms in total. The fourth-order valence-corrected chi connectivity index (χ4v) is 2.32. The average molecular weight is 303 g/mol. The summed E-state index contributed by atoms with van der Waals surface area (Å²) < 4.78 is 11.0. The highest BCUT2D eigenvalue weighted by atomic mass is 35.5. The molecule has 102 valence electrons. The van der Waals surface area contributed by atoms with Crippen molar-refractivity contribution < 1.29 is 19.4 Å². The van der Waals surface area contributed by atoms with Crippen molar-refractivity contribution in [2.45, 2.75) is 12.5 Å². The van der Waals surface area contributed by atoms with Gasteiger partial charge < -0.3 is 14.6 Å². The molecular formula is C13H12Cl2O4. The zero-order valence-corrected chi connectivity index (χ0v) is 11.4. The number of hydrogen-bond acceptors (Lipinski definition) is 3. The smallest absolute Gasteiger partial charge is 0.328 e. The van der Waals surface area contributed by atoms with E-state index in [0.29, 0.717) is 34.6 Å². The highest BCUT2D eigenvalue weighted by Gasteiger charge is 2.20. The molecule has 1 N–H and O–H groups in total. The van der Waals surface area contributed by atoms with E-state index in [-0.39, 0.29) is 6.10 Å². The fraction of sp³-hybridized carbons (Fsp3) is 0.308. The summed E-state index contributed by atoms with van der Waals surface area (Å²) in [4.78, 5) is 10.6. The predicted molar refractivity (Wildman–Crippen MR) is 73.0 cm³/mol. The lowest BCUT2D eigenvalue weighted by Gasteiger charge is -2.16. The molecule has 0 bridgehead atoms. The monoisotopic (exact) mass is 302 g/mol. The van der Waals surface area contributed by atoms with Gasteiger partial charge in [-0.15, -0.1) is 0 Å². The number of carboxylic acid groups (broad SMARTS) is 1. The maximum atomic E-state index is 10.6. The van der Waals surface area contributed by atoms with Gasteiger partial charge in [-0.3, -0.25) is 0 Å². The van der Waals surface area contributed by atoms with Gasteiger partial charge in [0.1, 0.15) is 11.9 Å². The van der Waals surface area contributed by atoms with Crippen molar-refractivity contribution in [1.29, 1.82) is 0 Å². The lowest BCUT2D eigenvalue weighted by Crippen LogP contribution is -2.16. The zero-order chi connectivity index (χ0) is 13.8. The van der Waals surface area contributed by atoms with E-state index in [1.54, 1.807) is 12.1 Å². The maximum Gasteiger partial charge on any atom is 0.328 e. The van der Waals surface area contributed by atoms with Crippen LogP contribution in [-0.4, -0.2) is 30.4 Å². The number of aliphatic carboxylic acids is 1. The number of carbonyl (C=O) groups is 1. The van der Waals surface area contributed by atoms with Crippen LogP contribution in [0.1, 0.15) is 12.0 Å². The molecular weight excluding hydrogens is 291 g/mol. The summed E-state index contributed by atoms with van der Waals surface area (Å²) in [5, 5.41) is 9.45. The van der Waals surface area contributed by atoms with Crippen LogP contribution in [-0.2, 0) is 9.53 Å². The first-order valence-electron chi connectivity index (χ1n) is 5.70. The predicted octanol–water partition coefficient (Wildman–Crippen LogP) is 3.26. The van der Waals surface area contributed by atoms with Crippen molar-refractivity contribution in [2.75, 3.05) is 13.2 Å². The highest BCUT2D eigenvalue weighted by Crippen LogP contribution is 2.34. The van der Waals surface area contributed by atoms with Gasteiger partial charge in [0.15, 0.2) is 0 Å². The molecule has 1 heterocycles. The Labute approximate surface area is 120 Å². The second kappa shape index (κ2) is 6.28. The number of hydrogen-bond donors (Lipinski definition) is 1. The summed E-state index contributed by atoms with van der Waals surface area (Å²) >= 11 is 12.0. The Bertz CT molecular complexity index is 508. The van der Waals surface area contributed by atoms with Crippen LogP contribution < -0.4 is 4.74 Å². The van der Waals surface area contributed by atoms with Crippen molar-refractivity contribution >= 4 is 35.2 Å². The highest BCUT2D eigenvalue weighted by molar-refractivity contribution is 6.35. The topological polar surface area (TPSA) is 55.8 Å². The molecule has 19 heavy (non-hydrogen) atoms. The van der Waals surface area contributed by atoms with Gasteiger partial charge in [0, 0.05) is 23.1 Å². The quantitative estimate of drug-likeness (QED) is 0.867. The molecule has 1 unspecified atom stereocenters. The van der Waals surface area contributed by atoms with Crippen molar-refractivity contribution in [1.82, 2.24) is 0 Å². The molecule has 0 aliphatic carbocycles.